The maximum atomic E-state index is 11.0. The summed E-state index contributed by atoms with van der Waals surface area (Å²) in [5, 5.41) is 9.48. The number of pyridine rings is 1. The van der Waals surface area contributed by atoms with Gasteiger partial charge in [-0.2, -0.15) is 0 Å². The van der Waals surface area contributed by atoms with Crippen molar-refractivity contribution < 1.29 is 5.11 Å². The highest BCUT2D eigenvalue weighted by Crippen LogP contribution is 2.04. The van der Waals surface area contributed by atoms with Crippen LogP contribution in [-0.4, -0.2) is 26.7 Å². The fourth-order valence-corrected chi connectivity index (χ4v) is 1.19. The zero-order valence-corrected chi connectivity index (χ0v) is 7.40. The van der Waals surface area contributed by atoms with Gasteiger partial charge in [0, 0.05) is 24.1 Å². The summed E-state index contributed by atoms with van der Waals surface area (Å²) in [6.07, 6.45) is 2.02. The molecule has 0 saturated heterocycles. The molecule has 2 rings (SSSR count). The molecule has 0 aliphatic rings. The SMILES string of the molecule is O=c1ccc2cnc(CCO)nc2[nH]1. The second-order valence-corrected chi connectivity index (χ2v) is 2.89. The number of aliphatic hydroxyl groups excluding tert-OH is 1. The van der Waals surface area contributed by atoms with Crippen LogP contribution in [0.5, 0.6) is 0 Å². The van der Waals surface area contributed by atoms with Gasteiger partial charge in [0.25, 0.3) is 0 Å². The molecular weight excluding hydrogens is 182 g/mol. The van der Waals surface area contributed by atoms with Crippen LogP contribution in [0.2, 0.25) is 0 Å². The van der Waals surface area contributed by atoms with E-state index in [1.807, 2.05) is 0 Å². The first-order valence-corrected chi connectivity index (χ1v) is 4.25. The Morgan fingerprint density at radius 3 is 3.07 bits per heavy atom. The Morgan fingerprint density at radius 2 is 2.29 bits per heavy atom. The molecule has 0 aromatic carbocycles. The summed E-state index contributed by atoms with van der Waals surface area (Å²) in [5.41, 5.74) is 0.321. The van der Waals surface area contributed by atoms with Crippen molar-refractivity contribution in [1.82, 2.24) is 15.0 Å². The van der Waals surface area contributed by atoms with E-state index in [9.17, 15) is 4.79 Å². The highest BCUT2D eigenvalue weighted by Gasteiger charge is 1.99. The third kappa shape index (κ3) is 1.62. The molecule has 5 nitrogen and oxygen atoms in total. The first-order chi connectivity index (χ1) is 6.79. The molecule has 0 radical (unpaired) electrons. The average Bonchev–Trinajstić information content (AvgIpc) is 2.17. The van der Waals surface area contributed by atoms with Gasteiger partial charge in [0.2, 0.25) is 5.56 Å². The van der Waals surface area contributed by atoms with Crippen LogP contribution >= 0.6 is 0 Å². The molecule has 0 bridgehead atoms. The number of nitrogens with zero attached hydrogens (tertiary/aromatic N) is 2. The van der Waals surface area contributed by atoms with Crippen LogP contribution in [0.3, 0.4) is 0 Å². The number of aromatic amines is 1. The number of hydrogen-bond donors (Lipinski definition) is 2. The van der Waals surface area contributed by atoms with E-state index >= 15 is 0 Å². The van der Waals surface area contributed by atoms with Gasteiger partial charge >= 0.3 is 0 Å². The lowest BCUT2D eigenvalue weighted by Gasteiger charge is -1.98. The number of aromatic nitrogens is 3. The molecular formula is C9H9N3O2. The summed E-state index contributed by atoms with van der Waals surface area (Å²) in [6, 6.07) is 3.09. The summed E-state index contributed by atoms with van der Waals surface area (Å²) < 4.78 is 0. The molecule has 0 fully saturated rings. The number of H-pyrrole nitrogens is 1. The maximum absolute atomic E-state index is 11.0. The van der Waals surface area contributed by atoms with Crippen molar-refractivity contribution in [2.24, 2.45) is 0 Å². The number of nitrogens with one attached hydrogen (secondary N) is 1. The topological polar surface area (TPSA) is 78.9 Å². The van der Waals surface area contributed by atoms with E-state index in [4.69, 9.17) is 5.11 Å². The number of hydrogen-bond acceptors (Lipinski definition) is 4. The molecule has 14 heavy (non-hydrogen) atoms. The predicted octanol–water partition coefficient (Wildman–Crippen LogP) is -0.147. The fourth-order valence-electron chi connectivity index (χ4n) is 1.19. The molecule has 72 valence electrons. The molecule has 2 N–H and O–H groups in total. The molecule has 0 amide bonds. The Morgan fingerprint density at radius 1 is 1.43 bits per heavy atom. The number of fused-ring (bicyclic) bond motifs is 1. The van der Waals surface area contributed by atoms with E-state index in [-0.39, 0.29) is 12.2 Å². The van der Waals surface area contributed by atoms with Gasteiger partial charge in [-0.05, 0) is 6.07 Å². The third-order valence-corrected chi connectivity index (χ3v) is 1.86. The zero-order valence-electron chi connectivity index (χ0n) is 7.40. The van der Waals surface area contributed by atoms with Gasteiger partial charge in [0.05, 0.1) is 6.61 Å². The molecule has 2 aromatic heterocycles. The van der Waals surface area contributed by atoms with Gasteiger partial charge in [-0.3, -0.25) is 4.79 Å². The van der Waals surface area contributed by atoms with E-state index in [0.29, 0.717) is 17.9 Å². The summed E-state index contributed by atoms with van der Waals surface area (Å²) in [4.78, 5) is 21.7. The standard InChI is InChI=1S/C9H9N3O2/c13-4-3-7-10-5-6-1-2-8(14)12-9(6)11-7/h1-2,5,13H,3-4H2,(H,10,11,12,14). The normalized spacial score (nSPS) is 10.6. The minimum Gasteiger partial charge on any atom is -0.396 e. The minimum absolute atomic E-state index is 0.00255. The first kappa shape index (κ1) is 8.83. The molecule has 5 heteroatoms. The van der Waals surface area contributed by atoms with Crippen LogP contribution in [0.1, 0.15) is 5.82 Å². The van der Waals surface area contributed by atoms with Crippen LogP contribution in [0.25, 0.3) is 11.0 Å². The molecule has 2 aromatic rings. The Hall–Kier alpha value is -1.75. The van der Waals surface area contributed by atoms with Crippen LogP contribution in [0.15, 0.2) is 23.1 Å². The Balaban J connectivity index is 2.58. The molecule has 0 atom stereocenters. The lowest BCUT2D eigenvalue weighted by Crippen LogP contribution is -2.06. The van der Waals surface area contributed by atoms with Crippen molar-refractivity contribution in [3.63, 3.8) is 0 Å². The summed E-state index contributed by atoms with van der Waals surface area (Å²) in [7, 11) is 0. The maximum Gasteiger partial charge on any atom is 0.249 e. The predicted molar refractivity (Wildman–Crippen MR) is 50.9 cm³/mol. The van der Waals surface area contributed by atoms with Crippen molar-refractivity contribution >= 4 is 11.0 Å². The second kappa shape index (κ2) is 3.55. The van der Waals surface area contributed by atoms with Gasteiger partial charge in [-0.1, -0.05) is 0 Å². The van der Waals surface area contributed by atoms with Crippen LogP contribution < -0.4 is 5.56 Å². The van der Waals surface area contributed by atoms with Gasteiger partial charge in [0.1, 0.15) is 11.5 Å². The van der Waals surface area contributed by atoms with Crippen molar-refractivity contribution in [2.45, 2.75) is 6.42 Å². The molecule has 2 heterocycles. The molecule has 0 aliphatic carbocycles. The lowest BCUT2D eigenvalue weighted by atomic mass is 10.3. The highest BCUT2D eigenvalue weighted by molar-refractivity contribution is 5.72. The van der Waals surface area contributed by atoms with E-state index in [0.717, 1.165) is 5.39 Å². The quantitative estimate of drug-likeness (QED) is 0.692. The zero-order chi connectivity index (χ0) is 9.97. The van der Waals surface area contributed by atoms with E-state index in [1.165, 1.54) is 6.07 Å². The van der Waals surface area contributed by atoms with Gasteiger partial charge in [-0.15, -0.1) is 0 Å². The van der Waals surface area contributed by atoms with Gasteiger partial charge in [0.15, 0.2) is 0 Å². The second-order valence-electron chi connectivity index (χ2n) is 2.89. The van der Waals surface area contributed by atoms with Crippen molar-refractivity contribution in [3.05, 3.63) is 34.5 Å². The molecule has 0 saturated carbocycles. The van der Waals surface area contributed by atoms with Gasteiger partial charge in [-0.25, -0.2) is 9.97 Å². The molecule has 0 spiro atoms. The Bertz CT molecular complexity index is 507. The van der Waals surface area contributed by atoms with Crippen LogP contribution in [0, 0.1) is 0 Å². The minimum atomic E-state index is -0.189. The first-order valence-electron chi connectivity index (χ1n) is 4.25. The third-order valence-electron chi connectivity index (χ3n) is 1.86. The fraction of sp³-hybridized carbons (Fsp3) is 0.222. The lowest BCUT2D eigenvalue weighted by molar-refractivity contribution is 0.296. The van der Waals surface area contributed by atoms with Crippen molar-refractivity contribution in [3.8, 4) is 0 Å². The summed E-state index contributed by atoms with van der Waals surface area (Å²) in [5.74, 6) is 0.529. The van der Waals surface area contributed by atoms with E-state index in [2.05, 4.69) is 15.0 Å². The Labute approximate surface area is 79.5 Å². The van der Waals surface area contributed by atoms with Crippen LogP contribution in [-0.2, 0) is 6.42 Å². The summed E-state index contributed by atoms with van der Waals surface area (Å²) >= 11 is 0. The van der Waals surface area contributed by atoms with E-state index < -0.39 is 0 Å². The monoisotopic (exact) mass is 191 g/mol. The highest BCUT2D eigenvalue weighted by atomic mass is 16.3. The number of aliphatic hydroxyl groups is 1. The van der Waals surface area contributed by atoms with Gasteiger partial charge < -0.3 is 10.1 Å². The number of rotatable bonds is 2. The summed E-state index contributed by atoms with van der Waals surface area (Å²) in [6.45, 7) is 0.00255. The average molecular weight is 191 g/mol. The van der Waals surface area contributed by atoms with Crippen LogP contribution in [0.4, 0.5) is 0 Å². The Kier molecular flexibility index (Phi) is 2.24. The van der Waals surface area contributed by atoms with Crippen molar-refractivity contribution in [1.29, 1.82) is 0 Å². The largest absolute Gasteiger partial charge is 0.396 e. The van der Waals surface area contributed by atoms with E-state index in [1.54, 1.807) is 12.3 Å². The molecule has 0 unspecified atom stereocenters. The molecule has 0 aliphatic heterocycles. The smallest absolute Gasteiger partial charge is 0.249 e. The van der Waals surface area contributed by atoms with Crippen molar-refractivity contribution in [2.75, 3.05) is 6.61 Å².